The van der Waals surface area contributed by atoms with Crippen molar-refractivity contribution in [1.29, 1.82) is 0 Å². The second-order valence-corrected chi connectivity index (χ2v) is 3.69. The van der Waals surface area contributed by atoms with E-state index in [-0.39, 0.29) is 0 Å². The zero-order valence-corrected chi connectivity index (χ0v) is 9.53. The molecule has 0 aliphatic rings. The van der Waals surface area contributed by atoms with Gasteiger partial charge >= 0.3 is 0 Å². The Morgan fingerprint density at radius 3 is 2.80 bits per heavy atom. The van der Waals surface area contributed by atoms with Crippen LogP contribution in [0.4, 0.5) is 5.82 Å². The minimum Gasteiger partial charge on any atom is -0.477 e. The first-order valence-electron chi connectivity index (χ1n) is 4.96. The second-order valence-electron chi connectivity index (χ2n) is 3.69. The van der Waals surface area contributed by atoms with Gasteiger partial charge in [-0.2, -0.15) is 0 Å². The van der Waals surface area contributed by atoms with Gasteiger partial charge in [0.05, 0.1) is 12.2 Å². The van der Waals surface area contributed by atoms with Gasteiger partial charge in [0.1, 0.15) is 12.1 Å². The van der Waals surface area contributed by atoms with Crippen LogP contribution in [-0.2, 0) is 0 Å². The normalized spacial score (nSPS) is 10.7. The standard InChI is InChI=1S/C10H18N4O/c1-8-9(11)12-7-13-10(8)15-6-4-5-14(2)3/h7H,4-6H2,1-3H3,(H2,11,12,13). The van der Waals surface area contributed by atoms with E-state index in [1.165, 1.54) is 6.33 Å². The molecule has 5 nitrogen and oxygen atoms in total. The first-order chi connectivity index (χ1) is 7.11. The van der Waals surface area contributed by atoms with Gasteiger partial charge in [0, 0.05) is 6.54 Å². The van der Waals surface area contributed by atoms with Crippen molar-refractivity contribution in [2.45, 2.75) is 13.3 Å². The lowest BCUT2D eigenvalue weighted by Gasteiger charge is -2.11. The Hall–Kier alpha value is -1.36. The number of nitrogens with two attached hydrogens (primary N) is 1. The van der Waals surface area contributed by atoms with Crippen molar-refractivity contribution < 1.29 is 4.74 Å². The molecule has 5 heteroatoms. The van der Waals surface area contributed by atoms with Gasteiger partial charge in [-0.25, -0.2) is 9.97 Å². The maximum absolute atomic E-state index is 5.63. The lowest BCUT2D eigenvalue weighted by Crippen LogP contribution is -2.16. The molecule has 0 atom stereocenters. The molecular formula is C10H18N4O. The van der Waals surface area contributed by atoms with Gasteiger partial charge in [-0.05, 0) is 27.4 Å². The zero-order chi connectivity index (χ0) is 11.3. The molecular weight excluding hydrogens is 192 g/mol. The Bertz CT molecular complexity index is 314. The van der Waals surface area contributed by atoms with Crippen LogP contribution in [0, 0.1) is 6.92 Å². The third kappa shape index (κ3) is 3.71. The largest absolute Gasteiger partial charge is 0.477 e. The number of aromatic nitrogens is 2. The monoisotopic (exact) mass is 210 g/mol. The van der Waals surface area contributed by atoms with E-state index in [0.29, 0.717) is 18.3 Å². The molecule has 0 saturated heterocycles. The summed E-state index contributed by atoms with van der Waals surface area (Å²) in [6.45, 7) is 3.51. The van der Waals surface area contributed by atoms with Crippen LogP contribution in [-0.4, -0.2) is 42.1 Å². The van der Waals surface area contributed by atoms with Crippen molar-refractivity contribution in [3.63, 3.8) is 0 Å². The van der Waals surface area contributed by atoms with Gasteiger partial charge in [0.2, 0.25) is 5.88 Å². The van der Waals surface area contributed by atoms with Gasteiger partial charge in [-0.1, -0.05) is 0 Å². The molecule has 1 aromatic heterocycles. The summed E-state index contributed by atoms with van der Waals surface area (Å²) in [6, 6.07) is 0. The number of nitrogens with zero attached hydrogens (tertiary/aromatic N) is 3. The number of ether oxygens (including phenoxy) is 1. The van der Waals surface area contributed by atoms with E-state index in [0.717, 1.165) is 18.5 Å². The van der Waals surface area contributed by atoms with Gasteiger partial charge in [0.25, 0.3) is 0 Å². The highest BCUT2D eigenvalue weighted by Gasteiger charge is 2.04. The second kappa shape index (κ2) is 5.50. The van der Waals surface area contributed by atoms with Crippen LogP contribution in [0.5, 0.6) is 5.88 Å². The van der Waals surface area contributed by atoms with Crippen molar-refractivity contribution in [2.24, 2.45) is 0 Å². The SMILES string of the molecule is Cc1c(N)ncnc1OCCCN(C)C. The number of rotatable bonds is 5. The number of hydrogen-bond acceptors (Lipinski definition) is 5. The van der Waals surface area contributed by atoms with Crippen LogP contribution in [0.15, 0.2) is 6.33 Å². The summed E-state index contributed by atoms with van der Waals surface area (Å²) in [7, 11) is 4.07. The van der Waals surface area contributed by atoms with Gasteiger partial charge < -0.3 is 15.4 Å². The molecule has 0 radical (unpaired) electrons. The molecule has 0 spiro atoms. The number of nitrogen functional groups attached to an aromatic ring is 1. The number of hydrogen-bond donors (Lipinski definition) is 1. The molecule has 1 aromatic rings. The smallest absolute Gasteiger partial charge is 0.221 e. The van der Waals surface area contributed by atoms with Gasteiger partial charge in [-0.15, -0.1) is 0 Å². The Kier molecular flexibility index (Phi) is 4.30. The molecule has 0 aliphatic heterocycles. The summed E-state index contributed by atoms with van der Waals surface area (Å²) in [5, 5.41) is 0. The van der Waals surface area contributed by atoms with Crippen molar-refractivity contribution in [2.75, 3.05) is 33.0 Å². The molecule has 0 aliphatic carbocycles. The molecule has 15 heavy (non-hydrogen) atoms. The highest BCUT2D eigenvalue weighted by Crippen LogP contribution is 2.17. The summed E-state index contributed by atoms with van der Waals surface area (Å²) in [5.74, 6) is 1.06. The molecule has 1 heterocycles. The van der Waals surface area contributed by atoms with Crippen molar-refractivity contribution in [3.8, 4) is 5.88 Å². The maximum atomic E-state index is 5.63. The van der Waals surface area contributed by atoms with Crippen LogP contribution in [0.3, 0.4) is 0 Å². The van der Waals surface area contributed by atoms with E-state index in [9.17, 15) is 0 Å². The van der Waals surface area contributed by atoms with Gasteiger partial charge in [-0.3, -0.25) is 0 Å². The van der Waals surface area contributed by atoms with Gasteiger partial charge in [0.15, 0.2) is 0 Å². The van der Waals surface area contributed by atoms with Crippen molar-refractivity contribution >= 4 is 5.82 Å². The topological polar surface area (TPSA) is 64.3 Å². The molecule has 0 saturated carbocycles. The molecule has 84 valence electrons. The van der Waals surface area contributed by atoms with E-state index in [1.807, 2.05) is 21.0 Å². The van der Waals surface area contributed by atoms with Crippen LogP contribution < -0.4 is 10.5 Å². The molecule has 0 amide bonds. The molecule has 0 unspecified atom stereocenters. The summed E-state index contributed by atoms with van der Waals surface area (Å²) in [6.07, 6.45) is 2.39. The Labute approximate surface area is 90.3 Å². The Morgan fingerprint density at radius 1 is 1.40 bits per heavy atom. The van der Waals surface area contributed by atoms with E-state index < -0.39 is 0 Å². The lowest BCUT2D eigenvalue weighted by molar-refractivity contribution is 0.271. The summed E-state index contributed by atoms with van der Waals surface area (Å²) in [4.78, 5) is 10.0. The highest BCUT2D eigenvalue weighted by molar-refractivity contribution is 5.42. The highest BCUT2D eigenvalue weighted by atomic mass is 16.5. The average Bonchev–Trinajstić information content (AvgIpc) is 2.18. The first-order valence-corrected chi connectivity index (χ1v) is 4.96. The maximum Gasteiger partial charge on any atom is 0.221 e. The van der Waals surface area contributed by atoms with Crippen LogP contribution in [0.1, 0.15) is 12.0 Å². The lowest BCUT2D eigenvalue weighted by atomic mass is 10.3. The predicted molar refractivity (Wildman–Crippen MR) is 59.8 cm³/mol. The fourth-order valence-electron chi connectivity index (χ4n) is 1.14. The zero-order valence-electron chi connectivity index (χ0n) is 9.53. The Balaban J connectivity index is 2.41. The molecule has 2 N–H and O–H groups in total. The molecule has 0 fully saturated rings. The van der Waals surface area contributed by atoms with Crippen LogP contribution in [0.25, 0.3) is 0 Å². The fraction of sp³-hybridized carbons (Fsp3) is 0.600. The molecule has 1 rings (SSSR count). The fourth-order valence-corrected chi connectivity index (χ4v) is 1.14. The minimum atomic E-state index is 0.479. The third-order valence-electron chi connectivity index (χ3n) is 2.07. The quantitative estimate of drug-likeness (QED) is 0.725. The summed E-state index contributed by atoms with van der Waals surface area (Å²) < 4.78 is 5.51. The van der Waals surface area contributed by atoms with E-state index >= 15 is 0 Å². The molecule has 0 bridgehead atoms. The predicted octanol–water partition coefficient (Wildman–Crippen LogP) is 0.698. The number of anilines is 1. The summed E-state index contributed by atoms with van der Waals surface area (Å²) in [5.41, 5.74) is 6.44. The van der Waals surface area contributed by atoms with Crippen LogP contribution in [0.2, 0.25) is 0 Å². The molecule has 0 aromatic carbocycles. The van der Waals surface area contributed by atoms with Crippen LogP contribution >= 0.6 is 0 Å². The van der Waals surface area contributed by atoms with Crippen molar-refractivity contribution in [3.05, 3.63) is 11.9 Å². The summed E-state index contributed by atoms with van der Waals surface area (Å²) >= 11 is 0. The van der Waals surface area contributed by atoms with E-state index in [1.54, 1.807) is 0 Å². The average molecular weight is 210 g/mol. The first kappa shape index (κ1) is 11.7. The van der Waals surface area contributed by atoms with E-state index in [2.05, 4.69) is 14.9 Å². The Morgan fingerprint density at radius 2 is 2.13 bits per heavy atom. The minimum absolute atomic E-state index is 0.479. The van der Waals surface area contributed by atoms with Crippen molar-refractivity contribution in [1.82, 2.24) is 14.9 Å². The third-order valence-corrected chi connectivity index (χ3v) is 2.07. The van der Waals surface area contributed by atoms with E-state index in [4.69, 9.17) is 10.5 Å².